The molecule has 3 heterocycles. The van der Waals surface area contributed by atoms with Crippen LogP contribution in [0.25, 0.3) is 5.69 Å². The lowest BCUT2D eigenvalue weighted by Gasteiger charge is -2.33. The van der Waals surface area contributed by atoms with E-state index in [4.69, 9.17) is 17.2 Å². The molecular weight excluding hydrogens is 400 g/mol. The van der Waals surface area contributed by atoms with Crippen molar-refractivity contribution < 1.29 is 0 Å². The molecule has 2 fully saturated rings. The van der Waals surface area contributed by atoms with Gasteiger partial charge in [0, 0.05) is 29.3 Å². The largest absolute Gasteiger partial charge is 0.352 e. The molecule has 2 aromatic heterocycles. The molecule has 1 saturated carbocycles. The number of nitrogens with one attached hydrogen (secondary N) is 1. The van der Waals surface area contributed by atoms with Gasteiger partial charge in [-0.3, -0.25) is 4.98 Å². The molecule has 0 spiro atoms. The van der Waals surface area contributed by atoms with Gasteiger partial charge in [0.1, 0.15) is 0 Å². The van der Waals surface area contributed by atoms with Gasteiger partial charge in [0.2, 0.25) is 0 Å². The van der Waals surface area contributed by atoms with Gasteiger partial charge in [-0.25, -0.2) is 0 Å². The number of hydrogen-bond donors (Lipinski definition) is 1. The zero-order valence-electron chi connectivity index (χ0n) is 18.5. The van der Waals surface area contributed by atoms with Gasteiger partial charge in [-0.1, -0.05) is 31.0 Å². The minimum atomic E-state index is 0.0563. The maximum atomic E-state index is 5.90. The van der Waals surface area contributed by atoms with Gasteiger partial charge in [-0.2, -0.15) is 0 Å². The summed E-state index contributed by atoms with van der Waals surface area (Å²) in [4.78, 5) is 7.20. The van der Waals surface area contributed by atoms with Crippen molar-refractivity contribution in [2.24, 2.45) is 0 Å². The van der Waals surface area contributed by atoms with Crippen LogP contribution in [-0.4, -0.2) is 25.6 Å². The highest BCUT2D eigenvalue weighted by molar-refractivity contribution is 7.80. The molecule has 4 nitrogen and oxygen atoms in total. The molecule has 1 N–H and O–H groups in total. The molecule has 0 amide bonds. The first-order valence-corrected chi connectivity index (χ1v) is 11.7. The topological polar surface area (TPSA) is 33.1 Å². The molecule has 1 aliphatic heterocycles. The lowest BCUT2D eigenvalue weighted by atomic mass is 9.95. The molecule has 2 atom stereocenters. The van der Waals surface area contributed by atoms with E-state index in [2.05, 4.69) is 78.0 Å². The Hall–Kier alpha value is -2.66. The van der Waals surface area contributed by atoms with Gasteiger partial charge < -0.3 is 14.8 Å². The van der Waals surface area contributed by atoms with E-state index in [1.807, 2.05) is 12.3 Å². The van der Waals surface area contributed by atoms with Crippen LogP contribution in [0.4, 0.5) is 0 Å². The van der Waals surface area contributed by atoms with Gasteiger partial charge in [-0.05, 0) is 87.3 Å². The summed E-state index contributed by atoms with van der Waals surface area (Å²) >= 11 is 5.90. The quantitative estimate of drug-likeness (QED) is 0.537. The molecule has 0 bridgehead atoms. The van der Waals surface area contributed by atoms with Crippen LogP contribution in [0.15, 0.2) is 54.7 Å². The average Bonchev–Trinajstić information content (AvgIpc) is 3.46. The molecule has 1 saturated heterocycles. The van der Waals surface area contributed by atoms with Gasteiger partial charge in [0.15, 0.2) is 5.11 Å². The molecule has 5 heteroatoms. The lowest BCUT2D eigenvalue weighted by Crippen LogP contribution is -2.37. The van der Waals surface area contributed by atoms with Crippen molar-refractivity contribution in [2.45, 2.75) is 64.6 Å². The van der Waals surface area contributed by atoms with Gasteiger partial charge in [0.25, 0.3) is 0 Å². The first kappa shape index (κ1) is 20.3. The third-order valence-electron chi connectivity index (χ3n) is 6.90. The molecule has 160 valence electrons. The van der Waals surface area contributed by atoms with Crippen molar-refractivity contribution in [1.29, 1.82) is 0 Å². The molecule has 1 aliphatic carbocycles. The van der Waals surface area contributed by atoms with E-state index in [1.165, 1.54) is 53.9 Å². The Morgan fingerprint density at radius 2 is 1.81 bits per heavy atom. The number of pyridine rings is 1. The molecule has 0 radical (unpaired) electrons. The maximum absolute atomic E-state index is 5.90. The smallest absolute Gasteiger partial charge is 0.170 e. The Bertz CT molecular complexity index is 1100. The Kier molecular flexibility index (Phi) is 5.30. The van der Waals surface area contributed by atoms with Crippen LogP contribution in [0, 0.1) is 20.8 Å². The SMILES string of the molecule is Cc1cccc(-n2c(C)cc([C@@H]3[C@@H](c4ccccn4)NC(=S)N3C3CCCC3)c2C)c1. The van der Waals surface area contributed by atoms with Crippen LogP contribution in [0.3, 0.4) is 0 Å². The van der Waals surface area contributed by atoms with Crippen molar-refractivity contribution in [3.63, 3.8) is 0 Å². The molecular formula is C26H30N4S. The number of nitrogens with zero attached hydrogens (tertiary/aromatic N) is 3. The zero-order chi connectivity index (χ0) is 21.5. The highest BCUT2D eigenvalue weighted by Gasteiger charge is 2.44. The molecule has 3 aromatic rings. The predicted molar refractivity (Wildman–Crippen MR) is 130 cm³/mol. The van der Waals surface area contributed by atoms with Gasteiger partial charge in [-0.15, -0.1) is 0 Å². The Balaban J connectivity index is 1.64. The van der Waals surface area contributed by atoms with Crippen molar-refractivity contribution >= 4 is 17.3 Å². The highest BCUT2D eigenvalue weighted by Crippen LogP contribution is 2.44. The Morgan fingerprint density at radius 3 is 2.52 bits per heavy atom. The molecule has 1 aromatic carbocycles. The van der Waals surface area contributed by atoms with Crippen LogP contribution in [0.5, 0.6) is 0 Å². The second-order valence-electron chi connectivity index (χ2n) is 8.97. The number of thiocarbonyl (C=S) groups is 1. The number of rotatable bonds is 4. The van der Waals surface area contributed by atoms with E-state index >= 15 is 0 Å². The summed E-state index contributed by atoms with van der Waals surface area (Å²) in [5.41, 5.74) is 7.42. The van der Waals surface area contributed by atoms with Crippen LogP contribution < -0.4 is 5.32 Å². The van der Waals surface area contributed by atoms with Crippen molar-refractivity contribution in [1.82, 2.24) is 19.8 Å². The summed E-state index contributed by atoms with van der Waals surface area (Å²) in [6.07, 6.45) is 6.87. The summed E-state index contributed by atoms with van der Waals surface area (Å²) in [6, 6.07) is 18.0. The van der Waals surface area contributed by atoms with Gasteiger partial charge in [0.05, 0.1) is 17.8 Å². The predicted octanol–water partition coefficient (Wildman–Crippen LogP) is 5.71. The summed E-state index contributed by atoms with van der Waals surface area (Å²) in [7, 11) is 0. The molecule has 5 rings (SSSR count). The minimum Gasteiger partial charge on any atom is -0.352 e. The Labute approximate surface area is 190 Å². The van der Waals surface area contributed by atoms with E-state index in [-0.39, 0.29) is 12.1 Å². The first-order valence-electron chi connectivity index (χ1n) is 11.3. The fourth-order valence-corrected chi connectivity index (χ4v) is 5.91. The van der Waals surface area contributed by atoms with Crippen LogP contribution >= 0.6 is 12.2 Å². The summed E-state index contributed by atoms with van der Waals surface area (Å²) in [5, 5.41) is 4.50. The molecule has 31 heavy (non-hydrogen) atoms. The summed E-state index contributed by atoms with van der Waals surface area (Å²) in [5.74, 6) is 0. The van der Waals surface area contributed by atoms with E-state index in [9.17, 15) is 0 Å². The van der Waals surface area contributed by atoms with E-state index in [1.54, 1.807) is 0 Å². The highest BCUT2D eigenvalue weighted by atomic mass is 32.1. The molecule has 0 unspecified atom stereocenters. The monoisotopic (exact) mass is 430 g/mol. The lowest BCUT2D eigenvalue weighted by molar-refractivity contribution is 0.245. The third kappa shape index (κ3) is 3.55. The fraction of sp³-hybridized carbons (Fsp3) is 0.385. The van der Waals surface area contributed by atoms with Crippen molar-refractivity contribution in [3.05, 3.63) is 82.9 Å². The number of aromatic nitrogens is 2. The van der Waals surface area contributed by atoms with Crippen LogP contribution in [-0.2, 0) is 0 Å². The van der Waals surface area contributed by atoms with E-state index < -0.39 is 0 Å². The van der Waals surface area contributed by atoms with Crippen LogP contribution in [0.1, 0.15) is 66.0 Å². The third-order valence-corrected chi connectivity index (χ3v) is 7.23. The standard InChI is InChI=1S/C26H30N4S/c1-17-9-8-12-21(15-17)29-18(2)16-22(19(29)3)25-24(23-13-6-7-14-27-23)28-26(31)30(25)20-10-4-5-11-20/h6-9,12-16,20,24-25H,4-5,10-11H2,1-3H3,(H,28,31)/t24-,25-/m1/s1. The van der Waals surface area contributed by atoms with Crippen molar-refractivity contribution in [2.75, 3.05) is 0 Å². The summed E-state index contributed by atoms with van der Waals surface area (Å²) in [6.45, 7) is 6.60. The van der Waals surface area contributed by atoms with E-state index in [0.717, 1.165) is 10.8 Å². The zero-order valence-corrected chi connectivity index (χ0v) is 19.3. The van der Waals surface area contributed by atoms with Crippen LogP contribution in [0.2, 0.25) is 0 Å². The molecule has 2 aliphatic rings. The average molecular weight is 431 g/mol. The second kappa shape index (κ2) is 8.12. The fourth-order valence-electron chi connectivity index (χ4n) is 5.53. The van der Waals surface area contributed by atoms with Gasteiger partial charge >= 0.3 is 0 Å². The number of aryl methyl sites for hydroxylation is 2. The Morgan fingerprint density at radius 1 is 1.00 bits per heavy atom. The minimum absolute atomic E-state index is 0.0563. The number of benzene rings is 1. The number of hydrogen-bond acceptors (Lipinski definition) is 2. The summed E-state index contributed by atoms with van der Waals surface area (Å²) < 4.78 is 2.38. The van der Waals surface area contributed by atoms with Crippen molar-refractivity contribution in [3.8, 4) is 5.69 Å². The van der Waals surface area contributed by atoms with E-state index in [0.29, 0.717) is 6.04 Å². The maximum Gasteiger partial charge on any atom is 0.170 e. The normalized spacial score (nSPS) is 21.6. The second-order valence-corrected chi connectivity index (χ2v) is 9.36. The first-order chi connectivity index (χ1) is 15.0.